The molecule has 0 radical (unpaired) electrons. The molecule has 0 saturated carbocycles. The summed E-state index contributed by atoms with van der Waals surface area (Å²) >= 11 is 0. The fourth-order valence-electron chi connectivity index (χ4n) is 2.24. The van der Waals surface area contributed by atoms with Gasteiger partial charge in [0.25, 0.3) is 0 Å². The molecule has 2 rings (SSSR count). The zero-order chi connectivity index (χ0) is 16.9. The zero-order valence-electron chi connectivity index (χ0n) is 14.3. The van der Waals surface area contributed by atoms with E-state index < -0.39 is 0 Å². The molecule has 0 heterocycles. The number of aliphatic imine (C=N–C) groups is 1. The van der Waals surface area contributed by atoms with E-state index in [0.717, 1.165) is 11.4 Å². The van der Waals surface area contributed by atoms with E-state index in [4.69, 9.17) is 10.5 Å². The normalized spacial score (nSPS) is 12.1. The number of methoxy groups -OCH3 is 1. The Labute approximate surface area is 138 Å². The van der Waals surface area contributed by atoms with Gasteiger partial charge in [0.2, 0.25) is 0 Å². The fraction of sp³-hybridized carbons (Fsp3) is 0.316. The quantitative estimate of drug-likeness (QED) is 0.654. The summed E-state index contributed by atoms with van der Waals surface area (Å²) in [7, 11) is 1.67. The summed E-state index contributed by atoms with van der Waals surface area (Å²) in [6.45, 7) is 6.93. The van der Waals surface area contributed by atoms with Gasteiger partial charge in [-0.25, -0.2) is 0 Å². The van der Waals surface area contributed by atoms with E-state index in [-0.39, 0.29) is 5.41 Å². The molecule has 0 aliphatic carbocycles. The number of ether oxygens (including phenoxy) is 1. The first-order valence-electron chi connectivity index (χ1n) is 7.69. The van der Waals surface area contributed by atoms with Gasteiger partial charge in [-0.2, -0.15) is 0 Å². The molecule has 23 heavy (non-hydrogen) atoms. The summed E-state index contributed by atoms with van der Waals surface area (Å²) in [6.07, 6.45) is 0. The monoisotopic (exact) mass is 311 g/mol. The number of aryl methyl sites for hydroxylation is 1. The average Bonchev–Trinajstić information content (AvgIpc) is 2.55. The van der Waals surface area contributed by atoms with Gasteiger partial charge in [-0.15, -0.1) is 0 Å². The molecule has 4 heteroatoms. The lowest BCUT2D eigenvalue weighted by Gasteiger charge is -2.23. The predicted octanol–water partition coefficient (Wildman–Crippen LogP) is 3.71. The number of hydrogen-bond acceptors (Lipinski definition) is 2. The van der Waals surface area contributed by atoms with E-state index in [9.17, 15) is 0 Å². The molecule has 0 aromatic heterocycles. The van der Waals surface area contributed by atoms with Crippen molar-refractivity contribution in [3.05, 3.63) is 59.7 Å². The standard InChI is InChI=1S/C19H25N3O/c1-14-8-10-16(11-9-14)22-18(20)21-13-19(2,3)15-6-5-7-17(12-15)23-4/h5-12H,13H2,1-4H3,(H3,20,21,22). The first-order chi connectivity index (χ1) is 10.9. The second-order valence-electron chi connectivity index (χ2n) is 6.31. The van der Waals surface area contributed by atoms with Crippen LogP contribution in [-0.2, 0) is 5.41 Å². The summed E-state index contributed by atoms with van der Waals surface area (Å²) < 4.78 is 5.29. The highest BCUT2D eigenvalue weighted by atomic mass is 16.5. The van der Waals surface area contributed by atoms with Gasteiger partial charge in [0.1, 0.15) is 5.75 Å². The molecule has 4 nitrogen and oxygen atoms in total. The van der Waals surface area contributed by atoms with Crippen molar-refractivity contribution in [2.75, 3.05) is 19.0 Å². The summed E-state index contributed by atoms with van der Waals surface area (Å²) in [6, 6.07) is 16.1. The molecule has 0 bridgehead atoms. The van der Waals surface area contributed by atoms with E-state index >= 15 is 0 Å². The Kier molecular flexibility index (Phi) is 5.27. The van der Waals surface area contributed by atoms with Crippen molar-refractivity contribution in [3.8, 4) is 5.75 Å². The SMILES string of the molecule is COc1cccc(C(C)(C)CN=C(N)Nc2ccc(C)cc2)c1. The van der Waals surface area contributed by atoms with E-state index in [1.807, 2.05) is 42.5 Å². The Hall–Kier alpha value is -2.49. The molecule has 2 aromatic rings. The van der Waals surface area contributed by atoms with Crippen LogP contribution in [0.15, 0.2) is 53.5 Å². The smallest absolute Gasteiger partial charge is 0.193 e. The van der Waals surface area contributed by atoms with Crippen molar-refractivity contribution in [1.29, 1.82) is 0 Å². The molecule has 0 spiro atoms. The van der Waals surface area contributed by atoms with Crippen molar-refractivity contribution < 1.29 is 4.74 Å². The number of guanidine groups is 1. The molecule has 0 unspecified atom stereocenters. The Bertz CT molecular complexity index is 675. The number of benzene rings is 2. The summed E-state index contributed by atoms with van der Waals surface area (Å²) in [5.74, 6) is 1.27. The van der Waals surface area contributed by atoms with Gasteiger partial charge in [-0.1, -0.05) is 43.7 Å². The second kappa shape index (κ2) is 7.18. The zero-order valence-corrected chi connectivity index (χ0v) is 14.3. The number of anilines is 1. The molecule has 0 aliphatic heterocycles. The minimum atomic E-state index is -0.131. The average molecular weight is 311 g/mol. The molecular weight excluding hydrogens is 286 g/mol. The van der Waals surface area contributed by atoms with Crippen LogP contribution in [0.5, 0.6) is 5.75 Å². The van der Waals surface area contributed by atoms with Crippen LogP contribution in [0, 0.1) is 6.92 Å². The Morgan fingerprint density at radius 2 is 1.87 bits per heavy atom. The van der Waals surface area contributed by atoms with Gasteiger partial charge in [0.05, 0.1) is 13.7 Å². The lowest BCUT2D eigenvalue weighted by Crippen LogP contribution is -2.27. The third-order valence-corrected chi connectivity index (χ3v) is 3.82. The van der Waals surface area contributed by atoms with E-state index in [1.165, 1.54) is 11.1 Å². The van der Waals surface area contributed by atoms with Crippen molar-refractivity contribution in [1.82, 2.24) is 0 Å². The molecule has 0 aliphatic rings. The molecule has 0 fully saturated rings. The van der Waals surface area contributed by atoms with Gasteiger partial charge in [0.15, 0.2) is 5.96 Å². The van der Waals surface area contributed by atoms with Crippen molar-refractivity contribution in [2.24, 2.45) is 10.7 Å². The maximum Gasteiger partial charge on any atom is 0.193 e. The number of nitrogens with two attached hydrogens (primary N) is 1. The van der Waals surface area contributed by atoms with Crippen LogP contribution >= 0.6 is 0 Å². The van der Waals surface area contributed by atoms with Crippen LogP contribution < -0.4 is 15.8 Å². The second-order valence-corrected chi connectivity index (χ2v) is 6.31. The van der Waals surface area contributed by atoms with Crippen LogP contribution in [-0.4, -0.2) is 19.6 Å². The Balaban J connectivity index is 2.05. The minimum absolute atomic E-state index is 0.131. The Morgan fingerprint density at radius 1 is 1.17 bits per heavy atom. The van der Waals surface area contributed by atoms with Crippen molar-refractivity contribution in [3.63, 3.8) is 0 Å². The topological polar surface area (TPSA) is 59.6 Å². The number of rotatable bonds is 5. The van der Waals surface area contributed by atoms with Crippen molar-refractivity contribution in [2.45, 2.75) is 26.2 Å². The lowest BCUT2D eigenvalue weighted by atomic mass is 9.85. The molecule has 122 valence electrons. The molecule has 0 atom stereocenters. The van der Waals surface area contributed by atoms with Gasteiger partial charge >= 0.3 is 0 Å². The maximum atomic E-state index is 6.00. The largest absolute Gasteiger partial charge is 0.497 e. The van der Waals surface area contributed by atoms with Crippen molar-refractivity contribution >= 4 is 11.6 Å². The van der Waals surface area contributed by atoms with E-state index in [0.29, 0.717) is 12.5 Å². The first-order valence-corrected chi connectivity index (χ1v) is 7.69. The highest BCUT2D eigenvalue weighted by Crippen LogP contribution is 2.26. The molecule has 3 N–H and O–H groups in total. The summed E-state index contributed by atoms with van der Waals surface area (Å²) in [5, 5.41) is 3.12. The van der Waals surface area contributed by atoms with Crippen LogP contribution in [0.1, 0.15) is 25.0 Å². The molecule has 0 amide bonds. The van der Waals surface area contributed by atoms with Gasteiger partial charge in [-0.05, 0) is 36.8 Å². The van der Waals surface area contributed by atoms with Gasteiger partial charge in [-0.3, -0.25) is 4.99 Å². The Morgan fingerprint density at radius 3 is 2.52 bits per heavy atom. The summed E-state index contributed by atoms with van der Waals surface area (Å²) in [5.41, 5.74) is 9.19. The predicted molar refractivity (Wildman–Crippen MR) is 97.3 cm³/mol. The lowest BCUT2D eigenvalue weighted by molar-refractivity contribution is 0.412. The third-order valence-electron chi connectivity index (χ3n) is 3.82. The molecule has 2 aromatic carbocycles. The first kappa shape index (κ1) is 16.9. The molecule has 0 saturated heterocycles. The number of nitrogens with zero attached hydrogens (tertiary/aromatic N) is 1. The highest BCUT2D eigenvalue weighted by Gasteiger charge is 2.20. The van der Waals surface area contributed by atoms with Gasteiger partial charge < -0.3 is 15.8 Å². The fourth-order valence-corrected chi connectivity index (χ4v) is 2.24. The third kappa shape index (κ3) is 4.74. The van der Waals surface area contributed by atoms with Crippen LogP contribution in [0.3, 0.4) is 0 Å². The maximum absolute atomic E-state index is 6.00. The minimum Gasteiger partial charge on any atom is -0.497 e. The molecular formula is C19H25N3O. The van der Waals surface area contributed by atoms with Crippen LogP contribution in [0.4, 0.5) is 5.69 Å². The van der Waals surface area contributed by atoms with Crippen LogP contribution in [0.2, 0.25) is 0 Å². The number of nitrogens with one attached hydrogen (secondary N) is 1. The summed E-state index contributed by atoms with van der Waals surface area (Å²) in [4.78, 5) is 4.49. The van der Waals surface area contributed by atoms with E-state index in [2.05, 4.69) is 37.1 Å². The highest BCUT2D eigenvalue weighted by molar-refractivity contribution is 5.92. The number of hydrogen-bond donors (Lipinski definition) is 2. The van der Waals surface area contributed by atoms with Gasteiger partial charge in [0, 0.05) is 11.1 Å². The van der Waals surface area contributed by atoms with E-state index in [1.54, 1.807) is 7.11 Å². The van der Waals surface area contributed by atoms with Crippen LogP contribution in [0.25, 0.3) is 0 Å².